The van der Waals surface area contributed by atoms with E-state index >= 15 is 0 Å². The molecular formula is C23H24N2O3S2. The molecule has 3 aromatic carbocycles. The summed E-state index contributed by atoms with van der Waals surface area (Å²) in [5.41, 5.74) is 2.47. The molecule has 0 heterocycles. The Hall–Kier alpha value is -2.77. The highest BCUT2D eigenvalue weighted by molar-refractivity contribution is 8.00. The summed E-state index contributed by atoms with van der Waals surface area (Å²) in [4.78, 5) is 13.3. The molecule has 0 atom stereocenters. The zero-order valence-electron chi connectivity index (χ0n) is 16.8. The van der Waals surface area contributed by atoms with Crippen LogP contribution in [0, 0.1) is 0 Å². The molecule has 0 aliphatic heterocycles. The molecular weight excluding hydrogens is 416 g/mol. The van der Waals surface area contributed by atoms with Crippen LogP contribution in [-0.2, 0) is 14.8 Å². The van der Waals surface area contributed by atoms with Gasteiger partial charge in [0.2, 0.25) is 5.91 Å². The molecule has 30 heavy (non-hydrogen) atoms. The number of anilines is 2. The van der Waals surface area contributed by atoms with E-state index in [0.717, 1.165) is 10.6 Å². The van der Waals surface area contributed by atoms with E-state index in [4.69, 9.17) is 0 Å². The van der Waals surface area contributed by atoms with Crippen LogP contribution in [0.5, 0.6) is 0 Å². The van der Waals surface area contributed by atoms with Crippen LogP contribution in [0.1, 0.15) is 25.3 Å². The second-order valence-electron chi connectivity index (χ2n) is 7.06. The van der Waals surface area contributed by atoms with E-state index in [0.29, 0.717) is 11.6 Å². The average Bonchev–Trinajstić information content (AvgIpc) is 2.74. The molecule has 2 N–H and O–H groups in total. The Balaban J connectivity index is 1.52. The highest BCUT2D eigenvalue weighted by Gasteiger charge is 2.13. The quantitative estimate of drug-likeness (QED) is 0.464. The first-order chi connectivity index (χ1) is 14.3. The van der Waals surface area contributed by atoms with E-state index in [1.807, 2.05) is 24.3 Å². The molecule has 3 rings (SSSR count). The summed E-state index contributed by atoms with van der Waals surface area (Å²) in [6, 6.07) is 23.0. The third-order valence-electron chi connectivity index (χ3n) is 4.39. The van der Waals surface area contributed by atoms with Crippen molar-refractivity contribution in [2.24, 2.45) is 0 Å². The molecule has 7 heteroatoms. The molecule has 0 aromatic heterocycles. The van der Waals surface area contributed by atoms with E-state index in [-0.39, 0.29) is 16.6 Å². The summed E-state index contributed by atoms with van der Waals surface area (Å²) < 4.78 is 27.3. The van der Waals surface area contributed by atoms with Gasteiger partial charge in [-0.1, -0.05) is 44.2 Å². The normalized spacial score (nSPS) is 11.3. The van der Waals surface area contributed by atoms with E-state index in [9.17, 15) is 13.2 Å². The van der Waals surface area contributed by atoms with Gasteiger partial charge in [-0.2, -0.15) is 0 Å². The van der Waals surface area contributed by atoms with E-state index in [1.54, 1.807) is 54.6 Å². The Kier molecular flexibility index (Phi) is 7.18. The van der Waals surface area contributed by atoms with Gasteiger partial charge < -0.3 is 5.32 Å². The number of thioether (sulfide) groups is 1. The van der Waals surface area contributed by atoms with Gasteiger partial charge in [0.1, 0.15) is 0 Å². The number of hydrogen-bond donors (Lipinski definition) is 2. The van der Waals surface area contributed by atoms with Crippen molar-refractivity contribution in [3.8, 4) is 0 Å². The second-order valence-corrected chi connectivity index (χ2v) is 9.79. The predicted octanol–water partition coefficient (Wildman–Crippen LogP) is 5.34. The van der Waals surface area contributed by atoms with Gasteiger partial charge in [-0.15, -0.1) is 11.8 Å². The number of hydrogen-bond acceptors (Lipinski definition) is 4. The average molecular weight is 441 g/mol. The van der Waals surface area contributed by atoms with Gasteiger partial charge in [-0.3, -0.25) is 9.52 Å². The zero-order valence-corrected chi connectivity index (χ0v) is 18.5. The van der Waals surface area contributed by atoms with Crippen molar-refractivity contribution in [1.29, 1.82) is 0 Å². The maximum absolute atomic E-state index is 12.4. The summed E-state index contributed by atoms with van der Waals surface area (Å²) in [5.74, 6) is 0.623. The van der Waals surface area contributed by atoms with Gasteiger partial charge in [-0.25, -0.2) is 8.42 Å². The molecule has 1 amide bonds. The maximum atomic E-state index is 12.4. The van der Waals surface area contributed by atoms with Crippen LogP contribution in [0.2, 0.25) is 0 Å². The molecule has 0 unspecified atom stereocenters. The molecule has 0 fully saturated rings. The van der Waals surface area contributed by atoms with Crippen molar-refractivity contribution in [2.45, 2.75) is 29.6 Å². The molecule has 0 saturated carbocycles. The predicted molar refractivity (Wildman–Crippen MR) is 124 cm³/mol. The van der Waals surface area contributed by atoms with Crippen molar-refractivity contribution in [3.05, 3.63) is 84.4 Å². The molecule has 0 saturated heterocycles. The summed E-state index contributed by atoms with van der Waals surface area (Å²) in [5, 5.41) is 2.89. The van der Waals surface area contributed by atoms with Crippen molar-refractivity contribution < 1.29 is 13.2 Å². The van der Waals surface area contributed by atoms with Crippen LogP contribution in [0.15, 0.2) is 88.7 Å². The van der Waals surface area contributed by atoms with Crippen LogP contribution >= 0.6 is 11.8 Å². The van der Waals surface area contributed by atoms with Crippen LogP contribution in [0.4, 0.5) is 11.4 Å². The van der Waals surface area contributed by atoms with Crippen molar-refractivity contribution >= 4 is 39.1 Å². The van der Waals surface area contributed by atoms with Gasteiger partial charge in [0.15, 0.2) is 0 Å². The Bertz CT molecular complexity index is 1080. The minimum atomic E-state index is -3.62. The Morgan fingerprint density at radius 2 is 1.47 bits per heavy atom. The number of nitrogens with one attached hydrogen (secondary N) is 2. The molecule has 0 aliphatic rings. The van der Waals surface area contributed by atoms with Gasteiger partial charge in [0.05, 0.1) is 10.6 Å². The maximum Gasteiger partial charge on any atom is 0.261 e. The summed E-state index contributed by atoms with van der Waals surface area (Å²) in [7, 11) is -3.62. The van der Waals surface area contributed by atoms with Gasteiger partial charge >= 0.3 is 0 Å². The zero-order chi connectivity index (χ0) is 21.6. The summed E-state index contributed by atoms with van der Waals surface area (Å²) >= 11 is 1.39. The lowest BCUT2D eigenvalue weighted by Crippen LogP contribution is -2.14. The standard InChI is InChI=1S/C23H24N2O3S2/c1-17(2)18-8-10-19(11-9-18)24-23(26)16-29-21-14-12-20(13-15-21)25-30(27,28)22-6-4-3-5-7-22/h3-15,17,25H,16H2,1-2H3,(H,24,26). The lowest BCUT2D eigenvalue weighted by atomic mass is 10.0. The molecule has 5 nitrogen and oxygen atoms in total. The second kappa shape index (κ2) is 9.82. The van der Waals surface area contributed by atoms with Crippen LogP contribution in [-0.4, -0.2) is 20.1 Å². The minimum absolute atomic E-state index is 0.0915. The number of carbonyl (C=O) groups excluding carboxylic acids is 1. The molecule has 0 aliphatic carbocycles. The minimum Gasteiger partial charge on any atom is -0.325 e. The fraction of sp³-hybridized carbons (Fsp3) is 0.174. The molecule has 0 radical (unpaired) electrons. The smallest absolute Gasteiger partial charge is 0.261 e. The van der Waals surface area contributed by atoms with Gasteiger partial charge in [-0.05, 0) is 60.0 Å². The lowest BCUT2D eigenvalue weighted by molar-refractivity contribution is -0.113. The number of sulfonamides is 1. The van der Waals surface area contributed by atoms with Crippen molar-refractivity contribution in [2.75, 3.05) is 15.8 Å². The molecule has 156 valence electrons. The highest BCUT2D eigenvalue weighted by atomic mass is 32.2. The summed E-state index contributed by atoms with van der Waals surface area (Å²) in [6.07, 6.45) is 0. The Morgan fingerprint density at radius 1 is 0.867 bits per heavy atom. The number of benzene rings is 3. The van der Waals surface area contributed by atoms with Gasteiger partial charge in [0.25, 0.3) is 10.0 Å². The van der Waals surface area contributed by atoms with Crippen molar-refractivity contribution in [1.82, 2.24) is 0 Å². The Morgan fingerprint density at radius 3 is 2.07 bits per heavy atom. The topological polar surface area (TPSA) is 75.3 Å². The first kappa shape index (κ1) is 21.9. The Labute approximate surface area is 182 Å². The fourth-order valence-electron chi connectivity index (χ4n) is 2.73. The third-order valence-corrected chi connectivity index (χ3v) is 6.80. The first-order valence-electron chi connectivity index (χ1n) is 9.54. The largest absolute Gasteiger partial charge is 0.325 e. The van der Waals surface area contributed by atoms with Crippen LogP contribution < -0.4 is 10.0 Å². The third kappa shape index (κ3) is 6.11. The SMILES string of the molecule is CC(C)c1ccc(NC(=O)CSc2ccc(NS(=O)(=O)c3ccccc3)cc2)cc1. The van der Waals surface area contributed by atoms with Crippen LogP contribution in [0.25, 0.3) is 0 Å². The molecule has 0 bridgehead atoms. The van der Waals surface area contributed by atoms with E-state index in [1.165, 1.54) is 17.3 Å². The molecule has 3 aromatic rings. The number of carbonyl (C=O) groups is 1. The molecule has 0 spiro atoms. The van der Waals surface area contributed by atoms with Crippen LogP contribution in [0.3, 0.4) is 0 Å². The first-order valence-corrected chi connectivity index (χ1v) is 12.0. The lowest BCUT2D eigenvalue weighted by Gasteiger charge is -2.09. The number of amides is 1. The monoisotopic (exact) mass is 440 g/mol. The summed E-state index contributed by atoms with van der Waals surface area (Å²) in [6.45, 7) is 4.25. The fourth-order valence-corrected chi connectivity index (χ4v) is 4.51. The number of rotatable bonds is 8. The van der Waals surface area contributed by atoms with E-state index in [2.05, 4.69) is 23.9 Å². The van der Waals surface area contributed by atoms with E-state index < -0.39 is 10.0 Å². The highest BCUT2D eigenvalue weighted by Crippen LogP contribution is 2.23. The van der Waals surface area contributed by atoms with Crippen molar-refractivity contribution in [3.63, 3.8) is 0 Å². The van der Waals surface area contributed by atoms with Gasteiger partial charge in [0, 0.05) is 16.3 Å².